The fraction of sp³-hybridized carbons (Fsp3) is 0.529. The van der Waals surface area contributed by atoms with Crippen molar-refractivity contribution in [2.24, 2.45) is 5.92 Å². The lowest BCUT2D eigenvalue weighted by Gasteiger charge is -2.31. The third kappa shape index (κ3) is 4.59. The largest absolute Gasteiger partial charge is 0.481 e. The summed E-state index contributed by atoms with van der Waals surface area (Å²) in [5.74, 6) is -0.372. The molecule has 114 valence electrons. The summed E-state index contributed by atoms with van der Waals surface area (Å²) in [4.78, 5) is 24.9. The molecule has 0 saturated carbocycles. The number of piperidine rings is 1. The fourth-order valence-corrected chi connectivity index (χ4v) is 2.88. The number of hydrogen-bond donors (Lipinski definition) is 1. The molecule has 0 atom stereocenters. The Hall–Kier alpha value is -1.84. The zero-order chi connectivity index (χ0) is 15.2. The van der Waals surface area contributed by atoms with Crippen LogP contribution in [0.15, 0.2) is 24.3 Å². The minimum absolute atomic E-state index is 0.150. The van der Waals surface area contributed by atoms with Crippen LogP contribution in [0.5, 0.6) is 0 Å². The van der Waals surface area contributed by atoms with Crippen molar-refractivity contribution in [1.82, 2.24) is 4.90 Å². The van der Waals surface area contributed by atoms with E-state index >= 15 is 0 Å². The number of nitrogens with zero attached hydrogens (tertiary/aromatic N) is 1. The lowest BCUT2D eigenvalue weighted by molar-refractivity contribution is -0.138. The van der Waals surface area contributed by atoms with Crippen molar-refractivity contribution in [3.05, 3.63) is 35.4 Å². The predicted octanol–water partition coefficient (Wildman–Crippen LogP) is 2.50. The van der Waals surface area contributed by atoms with Gasteiger partial charge in [-0.1, -0.05) is 31.2 Å². The summed E-state index contributed by atoms with van der Waals surface area (Å²) in [6, 6.07) is 8.16. The zero-order valence-corrected chi connectivity index (χ0v) is 12.5. The minimum Gasteiger partial charge on any atom is -0.481 e. The molecule has 0 unspecified atom stereocenters. The first-order chi connectivity index (χ1) is 10.1. The van der Waals surface area contributed by atoms with E-state index in [4.69, 9.17) is 5.11 Å². The van der Waals surface area contributed by atoms with Gasteiger partial charge in [-0.2, -0.15) is 0 Å². The van der Waals surface area contributed by atoms with Crippen LogP contribution in [0.2, 0.25) is 0 Å². The third-order valence-electron chi connectivity index (χ3n) is 4.19. The van der Waals surface area contributed by atoms with Crippen LogP contribution in [0.25, 0.3) is 0 Å². The first-order valence-corrected chi connectivity index (χ1v) is 7.66. The second kappa shape index (κ2) is 7.25. The average molecular weight is 289 g/mol. The fourth-order valence-electron chi connectivity index (χ4n) is 2.88. The van der Waals surface area contributed by atoms with Crippen LogP contribution in [0.4, 0.5) is 0 Å². The van der Waals surface area contributed by atoms with Gasteiger partial charge in [0.15, 0.2) is 0 Å². The highest BCUT2D eigenvalue weighted by molar-refractivity contribution is 5.79. The molecule has 2 rings (SSSR count). The Morgan fingerprint density at radius 1 is 1.24 bits per heavy atom. The molecule has 0 radical (unpaired) electrons. The van der Waals surface area contributed by atoms with E-state index in [9.17, 15) is 9.59 Å². The molecule has 1 saturated heterocycles. The van der Waals surface area contributed by atoms with Crippen LogP contribution in [-0.4, -0.2) is 35.0 Å². The van der Waals surface area contributed by atoms with Gasteiger partial charge in [-0.15, -0.1) is 0 Å². The van der Waals surface area contributed by atoms with Crippen LogP contribution < -0.4 is 0 Å². The van der Waals surface area contributed by atoms with Crippen molar-refractivity contribution in [3.8, 4) is 0 Å². The second-order valence-electron chi connectivity index (χ2n) is 5.77. The van der Waals surface area contributed by atoms with E-state index in [0.717, 1.165) is 24.8 Å². The Kier molecular flexibility index (Phi) is 5.37. The number of aryl methyl sites for hydroxylation is 1. The molecule has 4 nitrogen and oxygen atoms in total. The number of likely N-dealkylation sites (tertiary alicyclic amines) is 1. The van der Waals surface area contributed by atoms with Crippen molar-refractivity contribution in [3.63, 3.8) is 0 Å². The maximum atomic E-state index is 12.3. The Morgan fingerprint density at radius 2 is 1.90 bits per heavy atom. The predicted molar refractivity (Wildman–Crippen MR) is 81.1 cm³/mol. The van der Waals surface area contributed by atoms with Crippen molar-refractivity contribution in [2.45, 2.75) is 39.0 Å². The molecule has 0 bridgehead atoms. The highest BCUT2D eigenvalue weighted by Crippen LogP contribution is 2.21. The summed E-state index contributed by atoms with van der Waals surface area (Å²) in [5.41, 5.74) is 2.31. The molecule has 1 amide bonds. The first kappa shape index (κ1) is 15.5. The molecule has 1 aromatic carbocycles. The van der Waals surface area contributed by atoms with Crippen LogP contribution in [-0.2, 0) is 22.4 Å². The first-order valence-electron chi connectivity index (χ1n) is 7.66. The lowest BCUT2D eigenvalue weighted by atomic mass is 9.93. The van der Waals surface area contributed by atoms with Gasteiger partial charge >= 0.3 is 5.97 Å². The monoisotopic (exact) mass is 289 g/mol. The van der Waals surface area contributed by atoms with Gasteiger partial charge in [0.2, 0.25) is 5.91 Å². The molecule has 0 aromatic heterocycles. The maximum absolute atomic E-state index is 12.3. The number of carboxylic acid groups (broad SMARTS) is 1. The molecule has 0 spiro atoms. The molecule has 1 N–H and O–H groups in total. The van der Waals surface area contributed by atoms with Gasteiger partial charge in [-0.05, 0) is 36.3 Å². The third-order valence-corrected chi connectivity index (χ3v) is 4.19. The Balaban J connectivity index is 1.85. The van der Waals surface area contributed by atoms with Crippen LogP contribution in [0.1, 0.15) is 37.3 Å². The number of carboxylic acids is 1. The summed E-state index contributed by atoms with van der Waals surface area (Å²) in [6.45, 7) is 3.47. The number of carbonyl (C=O) groups excluding carboxylic acids is 1. The lowest BCUT2D eigenvalue weighted by Crippen LogP contribution is -2.39. The molecule has 1 fully saturated rings. The van der Waals surface area contributed by atoms with Crippen molar-refractivity contribution < 1.29 is 14.7 Å². The molecule has 1 heterocycles. The van der Waals surface area contributed by atoms with E-state index in [0.29, 0.717) is 19.5 Å². The van der Waals surface area contributed by atoms with Crippen LogP contribution in [0, 0.1) is 5.92 Å². The molecule has 1 aliphatic rings. The molecule has 0 aliphatic carbocycles. The summed E-state index contributed by atoms with van der Waals surface area (Å²) in [6.07, 6.45) is 3.24. The summed E-state index contributed by atoms with van der Waals surface area (Å²) < 4.78 is 0. The topological polar surface area (TPSA) is 57.6 Å². The smallest absolute Gasteiger partial charge is 0.303 e. The number of amides is 1. The number of aliphatic carboxylic acids is 1. The van der Waals surface area contributed by atoms with Gasteiger partial charge in [0, 0.05) is 19.5 Å². The van der Waals surface area contributed by atoms with Gasteiger partial charge in [-0.25, -0.2) is 0 Å². The summed E-state index contributed by atoms with van der Waals surface area (Å²) in [7, 11) is 0. The zero-order valence-electron chi connectivity index (χ0n) is 12.5. The molecular weight excluding hydrogens is 266 g/mol. The van der Waals surface area contributed by atoms with Gasteiger partial charge in [0.1, 0.15) is 0 Å². The normalized spacial score (nSPS) is 16.0. The number of carbonyl (C=O) groups is 2. The molecule has 21 heavy (non-hydrogen) atoms. The van der Waals surface area contributed by atoms with Crippen molar-refractivity contribution in [2.75, 3.05) is 13.1 Å². The summed E-state index contributed by atoms with van der Waals surface area (Å²) in [5, 5.41) is 8.80. The highest BCUT2D eigenvalue weighted by atomic mass is 16.4. The van der Waals surface area contributed by atoms with Gasteiger partial charge in [0.05, 0.1) is 6.42 Å². The van der Waals surface area contributed by atoms with E-state index in [2.05, 4.69) is 19.1 Å². The van der Waals surface area contributed by atoms with Gasteiger partial charge in [-0.3, -0.25) is 9.59 Å². The maximum Gasteiger partial charge on any atom is 0.303 e. The number of hydrogen-bond acceptors (Lipinski definition) is 2. The second-order valence-corrected chi connectivity index (χ2v) is 5.77. The van der Waals surface area contributed by atoms with E-state index in [1.54, 1.807) is 0 Å². The highest BCUT2D eigenvalue weighted by Gasteiger charge is 2.24. The molecule has 4 heteroatoms. The number of benzene rings is 1. The Labute approximate surface area is 125 Å². The van der Waals surface area contributed by atoms with Crippen LogP contribution >= 0.6 is 0 Å². The Morgan fingerprint density at radius 3 is 2.52 bits per heavy atom. The van der Waals surface area contributed by atoms with Gasteiger partial charge in [0.25, 0.3) is 0 Å². The summed E-state index contributed by atoms with van der Waals surface area (Å²) >= 11 is 0. The van der Waals surface area contributed by atoms with E-state index in [-0.39, 0.29) is 18.2 Å². The van der Waals surface area contributed by atoms with E-state index in [1.165, 1.54) is 5.56 Å². The number of rotatable bonds is 5. The average Bonchev–Trinajstić information content (AvgIpc) is 2.47. The van der Waals surface area contributed by atoms with Crippen molar-refractivity contribution >= 4 is 11.9 Å². The van der Waals surface area contributed by atoms with Gasteiger partial charge < -0.3 is 10.0 Å². The Bertz CT molecular complexity index is 505. The molecule has 1 aliphatic heterocycles. The SMILES string of the molecule is CCc1cccc(CC(=O)N2CCC(CC(=O)O)CC2)c1. The molecule has 1 aromatic rings. The standard InChI is InChI=1S/C17H23NO3/c1-2-13-4-3-5-15(10-13)11-16(19)18-8-6-14(7-9-18)12-17(20)21/h3-5,10,14H,2,6-9,11-12H2,1H3,(H,20,21). The minimum atomic E-state index is -0.740. The quantitative estimate of drug-likeness (QED) is 0.906. The van der Waals surface area contributed by atoms with E-state index < -0.39 is 5.97 Å². The van der Waals surface area contributed by atoms with E-state index in [1.807, 2.05) is 17.0 Å². The molecular formula is C17H23NO3. The van der Waals surface area contributed by atoms with Crippen LogP contribution in [0.3, 0.4) is 0 Å². The van der Waals surface area contributed by atoms with Crippen molar-refractivity contribution in [1.29, 1.82) is 0 Å².